The van der Waals surface area contributed by atoms with Gasteiger partial charge in [-0.05, 0) is 25.5 Å². The van der Waals surface area contributed by atoms with Gasteiger partial charge in [-0.1, -0.05) is 17.7 Å². The van der Waals surface area contributed by atoms with Crippen LogP contribution in [-0.4, -0.2) is 42.2 Å². The van der Waals surface area contributed by atoms with Crippen molar-refractivity contribution in [2.45, 2.75) is 19.9 Å². The SMILES string of the molecule is COc1cccc(Cl)c1CNC(=O)N1CCC(C)(C(=O)O)C1. The van der Waals surface area contributed by atoms with E-state index in [1.54, 1.807) is 25.1 Å². The summed E-state index contributed by atoms with van der Waals surface area (Å²) in [6.07, 6.45) is 0.450. The molecule has 0 bridgehead atoms. The Morgan fingerprint density at radius 3 is 2.82 bits per heavy atom. The zero-order valence-electron chi connectivity index (χ0n) is 12.6. The van der Waals surface area contributed by atoms with E-state index in [2.05, 4.69) is 5.32 Å². The molecule has 0 radical (unpaired) electrons. The first-order valence-electron chi connectivity index (χ1n) is 6.95. The quantitative estimate of drug-likeness (QED) is 0.890. The number of carboxylic acids is 1. The van der Waals surface area contributed by atoms with E-state index in [4.69, 9.17) is 16.3 Å². The van der Waals surface area contributed by atoms with Crippen molar-refractivity contribution in [1.29, 1.82) is 0 Å². The topological polar surface area (TPSA) is 78.9 Å². The molecule has 1 aromatic rings. The molecule has 2 rings (SSSR count). The number of halogens is 1. The fourth-order valence-electron chi connectivity index (χ4n) is 2.49. The molecule has 22 heavy (non-hydrogen) atoms. The molecule has 0 saturated carbocycles. The molecule has 0 aromatic heterocycles. The summed E-state index contributed by atoms with van der Waals surface area (Å²) in [5.74, 6) is -0.278. The number of carbonyl (C=O) groups is 2. The highest BCUT2D eigenvalue weighted by Gasteiger charge is 2.42. The number of carbonyl (C=O) groups excluding carboxylic acids is 1. The lowest BCUT2D eigenvalue weighted by molar-refractivity contribution is -0.146. The molecule has 1 saturated heterocycles. The van der Waals surface area contributed by atoms with Gasteiger partial charge in [0.15, 0.2) is 0 Å². The molecule has 1 unspecified atom stereocenters. The van der Waals surface area contributed by atoms with Crippen LogP contribution >= 0.6 is 11.6 Å². The van der Waals surface area contributed by atoms with Crippen molar-refractivity contribution in [1.82, 2.24) is 10.2 Å². The van der Waals surface area contributed by atoms with Gasteiger partial charge < -0.3 is 20.1 Å². The number of nitrogens with one attached hydrogen (secondary N) is 1. The molecule has 7 heteroatoms. The summed E-state index contributed by atoms with van der Waals surface area (Å²) >= 11 is 6.12. The third-order valence-corrected chi connectivity index (χ3v) is 4.34. The van der Waals surface area contributed by atoms with Crippen LogP contribution in [-0.2, 0) is 11.3 Å². The molecule has 1 aliphatic heterocycles. The molecular formula is C15H19ClN2O4. The van der Waals surface area contributed by atoms with Crippen molar-refractivity contribution in [3.63, 3.8) is 0 Å². The summed E-state index contributed by atoms with van der Waals surface area (Å²) in [4.78, 5) is 24.9. The molecular weight excluding hydrogens is 308 g/mol. The van der Waals surface area contributed by atoms with Crippen LogP contribution in [0.3, 0.4) is 0 Å². The van der Waals surface area contributed by atoms with Gasteiger partial charge in [0.05, 0.1) is 12.5 Å². The minimum absolute atomic E-state index is 0.202. The predicted molar refractivity (Wildman–Crippen MR) is 82.2 cm³/mol. The smallest absolute Gasteiger partial charge is 0.317 e. The largest absolute Gasteiger partial charge is 0.496 e. The Morgan fingerprint density at radius 1 is 1.50 bits per heavy atom. The lowest BCUT2D eigenvalue weighted by atomic mass is 9.90. The van der Waals surface area contributed by atoms with Crippen molar-refractivity contribution < 1.29 is 19.4 Å². The van der Waals surface area contributed by atoms with Gasteiger partial charge in [-0.15, -0.1) is 0 Å². The number of hydrogen-bond donors (Lipinski definition) is 2. The normalized spacial score (nSPS) is 20.8. The highest BCUT2D eigenvalue weighted by molar-refractivity contribution is 6.31. The Hall–Kier alpha value is -1.95. The first-order valence-corrected chi connectivity index (χ1v) is 7.33. The maximum absolute atomic E-state index is 12.2. The lowest BCUT2D eigenvalue weighted by Gasteiger charge is -2.21. The van der Waals surface area contributed by atoms with Crippen LogP contribution in [0.5, 0.6) is 5.75 Å². The monoisotopic (exact) mass is 326 g/mol. The average molecular weight is 327 g/mol. The maximum atomic E-state index is 12.2. The number of methoxy groups -OCH3 is 1. The Kier molecular flexibility index (Phi) is 4.81. The number of urea groups is 1. The number of ether oxygens (including phenoxy) is 1. The van der Waals surface area contributed by atoms with E-state index in [0.29, 0.717) is 29.3 Å². The Balaban J connectivity index is 1.99. The molecule has 1 heterocycles. The zero-order chi connectivity index (χ0) is 16.3. The molecule has 1 aromatic carbocycles. The van der Waals surface area contributed by atoms with Crippen LogP contribution in [0.1, 0.15) is 18.9 Å². The van der Waals surface area contributed by atoms with E-state index in [-0.39, 0.29) is 19.1 Å². The van der Waals surface area contributed by atoms with Crippen LogP contribution in [0.25, 0.3) is 0 Å². The molecule has 6 nitrogen and oxygen atoms in total. The Labute approximate surface area is 134 Å². The standard InChI is InChI=1S/C15H19ClN2O4/c1-15(13(19)20)6-7-18(9-15)14(21)17-8-10-11(16)4-3-5-12(10)22-2/h3-5H,6-9H2,1-2H3,(H,17,21)(H,19,20). The minimum atomic E-state index is -0.879. The Morgan fingerprint density at radius 2 is 2.23 bits per heavy atom. The van der Waals surface area contributed by atoms with E-state index >= 15 is 0 Å². The summed E-state index contributed by atoms with van der Waals surface area (Å²) in [5, 5.41) is 12.5. The van der Waals surface area contributed by atoms with E-state index in [1.165, 1.54) is 12.0 Å². The van der Waals surface area contributed by atoms with Crippen molar-refractivity contribution in [2.24, 2.45) is 5.41 Å². The third kappa shape index (κ3) is 3.27. The van der Waals surface area contributed by atoms with Crippen LogP contribution in [0.4, 0.5) is 4.79 Å². The second-order valence-corrected chi connectivity index (χ2v) is 6.02. The number of rotatable bonds is 4. The second-order valence-electron chi connectivity index (χ2n) is 5.62. The van der Waals surface area contributed by atoms with Gasteiger partial charge in [-0.25, -0.2) is 4.79 Å². The van der Waals surface area contributed by atoms with Crippen molar-refractivity contribution in [3.8, 4) is 5.75 Å². The first kappa shape index (κ1) is 16.4. The molecule has 1 aliphatic rings. The fourth-order valence-corrected chi connectivity index (χ4v) is 2.72. The average Bonchev–Trinajstić information content (AvgIpc) is 2.89. The summed E-state index contributed by atoms with van der Waals surface area (Å²) < 4.78 is 5.22. The lowest BCUT2D eigenvalue weighted by Crippen LogP contribution is -2.40. The minimum Gasteiger partial charge on any atom is -0.496 e. The molecule has 0 aliphatic carbocycles. The number of benzene rings is 1. The van der Waals surface area contributed by atoms with E-state index in [1.807, 2.05) is 0 Å². The summed E-state index contributed by atoms with van der Waals surface area (Å²) in [6.45, 7) is 2.50. The van der Waals surface area contributed by atoms with Crippen molar-refractivity contribution in [3.05, 3.63) is 28.8 Å². The van der Waals surface area contributed by atoms with Crippen LogP contribution < -0.4 is 10.1 Å². The van der Waals surface area contributed by atoms with Gasteiger partial charge in [0.25, 0.3) is 0 Å². The van der Waals surface area contributed by atoms with Crippen LogP contribution in [0, 0.1) is 5.41 Å². The highest BCUT2D eigenvalue weighted by atomic mass is 35.5. The molecule has 1 atom stereocenters. The summed E-state index contributed by atoms with van der Waals surface area (Å²) in [7, 11) is 1.54. The van der Waals surface area contributed by atoms with Crippen molar-refractivity contribution >= 4 is 23.6 Å². The number of hydrogen-bond acceptors (Lipinski definition) is 3. The van der Waals surface area contributed by atoms with Gasteiger partial charge in [-0.3, -0.25) is 4.79 Å². The predicted octanol–water partition coefficient (Wildman–Crippen LogP) is 2.35. The molecule has 2 N–H and O–H groups in total. The summed E-state index contributed by atoms with van der Waals surface area (Å²) in [6, 6.07) is 4.96. The van der Waals surface area contributed by atoms with Crippen molar-refractivity contribution in [2.75, 3.05) is 20.2 Å². The second kappa shape index (κ2) is 6.44. The molecule has 2 amide bonds. The number of aliphatic carboxylic acids is 1. The third-order valence-electron chi connectivity index (χ3n) is 3.99. The number of amides is 2. The number of carboxylic acid groups (broad SMARTS) is 1. The maximum Gasteiger partial charge on any atom is 0.317 e. The molecule has 0 spiro atoms. The van der Waals surface area contributed by atoms with E-state index in [0.717, 1.165) is 0 Å². The fraction of sp³-hybridized carbons (Fsp3) is 0.467. The molecule has 120 valence electrons. The number of likely N-dealkylation sites (tertiary alicyclic amines) is 1. The molecule has 1 fully saturated rings. The van der Waals surface area contributed by atoms with Gasteiger partial charge in [0.1, 0.15) is 5.75 Å². The zero-order valence-corrected chi connectivity index (χ0v) is 13.3. The van der Waals surface area contributed by atoms with Crippen LogP contribution in [0.2, 0.25) is 5.02 Å². The summed E-state index contributed by atoms with van der Waals surface area (Å²) in [5.41, 5.74) is -0.181. The van der Waals surface area contributed by atoms with Crippen LogP contribution in [0.15, 0.2) is 18.2 Å². The Bertz CT molecular complexity index is 593. The van der Waals surface area contributed by atoms with Gasteiger partial charge >= 0.3 is 12.0 Å². The van der Waals surface area contributed by atoms with Gasteiger partial charge in [0, 0.05) is 30.2 Å². The van der Waals surface area contributed by atoms with E-state index < -0.39 is 11.4 Å². The van der Waals surface area contributed by atoms with E-state index in [9.17, 15) is 14.7 Å². The number of nitrogens with zero attached hydrogens (tertiary/aromatic N) is 1. The van der Waals surface area contributed by atoms with Gasteiger partial charge in [0.2, 0.25) is 0 Å². The highest BCUT2D eigenvalue weighted by Crippen LogP contribution is 2.30. The first-order chi connectivity index (χ1) is 10.4. The van der Waals surface area contributed by atoms with Gasteiger partial charge in [-0.2, -0.15) is 0 Å².